The van der Waals surface area contributed by atoms with E-state index < -0.39 is 0 Å². The third-order valence-corrected chi connectivity index (χ3v) is 3.29. The van der Waals surface area contributed by atoms with E-state index in [2.05, 4.69) is 47.9 Å². The Morgan fingerprint density at radius 1 is 1.37 bits per heavy atom. The van der Waals surface area contributed by atoms with Gasteiger partial charge in [-0.3, -0.25) is 0 Å². The first-order chi connectivity index (χ1) is 9.31. The summed E-state index contributed by atoms with van der Waals surface area (Å²) in [4.78, 5) is 4.54. The van der Waals surface area contributed by atoms with Crippen LogP contribution in [0.15, 0.2) is 29.1 Å². The molecule has 4 heteroatoms. The molecule has 0 spiro atoms. The van der Waals surface area contributed by atoms with E-state index in [1.54, 1.807) is 6.26 Å². The van der Waals surface area contributed by atoms with E-state index >= 15 is 0 Å². The number of aryl methyl sites for hydroxylation is 2. The van der Waals surface area contributed by atoms with E-state index in [9.17, 15) is 0 Å². The van der Waals surface area contributed by atoms with Gasteiger partial charge in [-0.15, -0.1) is 0 Å². The van der Waals surface area contributed by atoms with Gasteiger partial charge in [0.05, 0.1) is 12.3 Å². The highest BCUT2D eigenvalue weighted by molar-refractivity contribution is 5.27. The Bertz CT molecular complexity index is 501. The Balaban J connectivity index is 2.36. The normalized spacial score (nSPS) is 12.8. The number of hydrogen-bond acceptors (Lipinski definition) is 3. The highest BCUT2D eigenvalue weighted by Gasteiger charge is 2.22. The molecule has 0 aliphatic heterocycles. The maximum absolute atomic E-state index is 5.56. The fourth-order valence-corrected chi connectivity index (χ4v) is 2.45. The largest absolute Gasteiger partial charge is 0.469 e. The van der Waals surface area contributed by atoms with Gasteiger partial charge in [0.25, 0.3) is 0 Å². The van der Waals surface area contributed by atoms with E-state index in [1.807, 2.05) is 6.20 Å². The molecule has 104 valence electrons. The fourth-order valence-electron chi connectivity index (χ4n) is 2.45. The third kappa shape index (κ3) is 2.89. The number of imidazole rings is 1. The summed E-state index contributed by atoms with van der Waals surface area (Å²) in [7, 11) is 0. The van der Waals surface area contributed by atoms with Crippen molar-refractivity contribution in [3.63, 3.8) is 0 Å². The maximum atomic E-state index is 5.56. The lowest BCUT2D eigenvalue weighted by molar-refractivity contribution is 0.491. The van der Waals surface area contributed by atoms with Crippen molar-refractivity contribution >= 4 is 0 Å². The van der Waals surface area contributed by atoms with Gasteiger partial charge in [0.2, 0.25) is 0 Å². The summed E-state index contributed by atoms with van der Waals surface area (Å²) in [5, 5.41) is 3.52. The Morgan fingerprint density at radius 2 is 2.21 bits per heavy atom. The minimum absolute atomic E-state index is 0.111. The van der Waals surface area contributed by atoms with Gasteiger partial charge in [0, 0.05) is 30.9 Å². The average Bonchev–Trinajstić information content (AvgIpc) is 3.05. The van der Waals surface area contributed by atoms with Crippen molar-refractivity contribution < 1.29 is 4.42 Å². The van der Waals surface area contributed by atoms with Crippen molar-refractivity contribution in [1.82, 2.24) is 14.9 Å². The molecule has 2 aromatic heterocycles. The second-order valence-electron chi connectivity index (χ2n) is 4.62. The molecule has 0 saturated heterocycles. The fraction of sp³-hybridized carbons (Fsp3) is 0.533. The molecule has 0 aliphatic rings. The minimum atomic E-state index is 0.111. The van der Waals surface area contributed by atoms with Gasteiger partial charge in [-0.25, -0.2) is 4.98 Å². The number of aromatic nitrogens is 2. The molecule has 0 aromatic carbocycles. The Morgan fingerprint density at radius 3 is 2.89 bits per heavy atom. The summed E-state index contributed by atoms with van der Waals surface area (Å²) < 4.78 is 7.78. The molecule has 1 N–H and O–H groups in total. The topological polar surface area (TPSA) is 43.0 Å². The van der Waals surface area contributed by atoms with Crippen LogP contribution in [0, 0.1) is 0 Å². The highest BCUT2D eigenvalue weighted by Crippen LogP contribution is 2.25. The van der Waals surface area contributed by atoms with Gasteiger partial charge in [-0.2, -0.15) is 0 Å². The number of nitrogens with one attached hydrogen (secondary N) is 1. The van der Waals surface area contributed by atoms with Crippen LogP contribution in [-0.4, -0.2) is 16.1 Å². The van der Waals surface area contributed by atoms with E-state index in [4.69, 9.17) is 4.42 Å². The molecule has 2 rings (SSSR count). The van der Waals surface area contributed by atoms with Crippen molar-refractivity contribution in [2.24, 2.45) is 0 Å². The molecule has 0 aliphatic carbocycles. The number of furan rings is 1. The predicted octanol–water partition coefficient (Wildman–Crippen LogP) is 3.15. The standard InChI is InChI=1S/C15H23N3O/c1-4-9-18-10-8-17-15(18)14(16-6-3)12-7-11-19-13(12)5-2/h7-8,10-11,14,16H,4-6,9H2,1-3H3. The molecule has 0 saturated carbocycles. The Labute approximate surface area is 114 Å². The van der Waals surface area contributed by atoms with Crippen molar-refractivity contribution in [1.29, 1.82) is 0 Å². The van der Waals surface area contributed by atoms with Crippen molar-refractivity contribution in [2.75, 3.05) is 6.54 Å². The predicted molar refractivity (Wildman–Crippen MR) is 76.1 cm³/mol. The van der Waals surface area contributed by atoms with Gasteiger partial charge in [-0.05, 0) is 19.0 Å². The van der Waals surface area contributed by atoms with Crippen LogP contribution >= 0.6 is 0 Å². The molecule has 2 heterocycles. The third-order valence-electron chi connectivity index (χ3n) is 3.29. The summed E-state index contributed by atoms with van der Waals surface area (Å²) in [6.07, 6.45) is 7.70. The first-order valence-corrected chi connectivity index (χ1v) is 7.12. The van der Waals surface area contributed by atoms with Crippen LogP contribution in [0.1, 0.15) is 50.4 Å². The quantitative estimate of drug-likeness (QED) is 0.832. The second-order valence-corrected chi connectivity index (χ2v) is 4.62. The maximum Gasteiger partial charge on any atom is 0.130 e. The minimum Gasteiger partial charge on any atom is -0.469 e. The lowest BCUT2D eigenvalue weighted by Gasteiger charge is -2.19. The van der Waals surface area contributed by atoms with Gasteiger partial charge in [-0.1, -0.05) is 20.8 Å². The summed E-state index contributed by atoms with van der Waals surface area (Å²) in [5.74, 6) is 2.11. The van der Waals surface area contributed by atoms with Crippen molar-refractivity contribution in [3.8, 4) is 0 Å². The van der Waals surface area contributed by atoms with Crippen LogP contribution in [-0.2, 0) is 13.0 Å². The van der Waals surface area contributed by atoms with Gasteiger partial charge in [0.1, 0.15) is 11.6 Å². The van der Waals surface area contributed by atoms with Crippen molar-refractivity contribution in [2.45, 2.75) is 46.2 Å². The lowest BCUT2D eigenvalue weighted by atomic mass is 10.1. The Kier molecular flexibility index (Phi) is 4.80. The van der Waals surface area contributed by atoms with Crippen LogP contribution in [0.3, 0.4) is 0 Å². The molecular formula is C15H23N3O. The van der Waals surface area contributed by atoms with Crippen LogP contribution < -0.4 is 5.32 Å². The van der Waals surface area contributed by atoms with Crippen LogP contribution in [0.4, 0.5) is 0 Å². The molecule has 0 fully saturated rings. The summed E-state index contributed by atoms with van der Waals surface area (Å²) in [5.41, 5.74) is 1.20. The molecule has 0 amide bonds. The SMILES string of the molecule is CCCn1ccnc1C(NCC)c1ccoc1CC. The molecular weight excluding hydrogens is 238 g/mol. The lowest BCUT2D eigenvalue weighted by Crippen LogP contribution is -2.25. The monoisotopic (exact) mass is 261 g/mol. The summed E-state index contributed by atoms with van der Waals surface area (Å²) in [6, 6.07) is 2.16. The molecule has 1 atom stereocenters. The first kappa shape index (κ1) is 13.9. The zero-order chi connectivity index (χ0) is 13.7. The molecule has 0 bridgehead atoms. The molecule has 2 aromatic rings. The Hall–Kier alpha value is -1.55. The zero-order valence-electron chi connectivity index (χ0n) is 12.0. The van der Waals surface area contributed by atoms with E-state index in [1.165, 1.54) is 5.56 Å². The van der Waals surface area contributed by atoms with E-state index in [0.717, 1.165) is 37.5 Å². The smallest absolute Gasteiger partial charge is 0.130 e. The van der Waals surface area contributed by atoms with Gasteiger partial charge >= 0.3 is 0 Å². The van der Waals surface area contributed by atoms with E-state index in [0.29, 0.717) is 0 Å². The average molecular weight is 261 g/mol. The van der Waals surface area contributed by atoms with Gasteiger partial charge in [0.15, 0.2) is 0 Å². The van der Waals surface area contributed by atoms with Crippen LogP contribution in [0.2, 0.25) is 0 Å². The molecule has 0 radical (unpaired) electrons. The molecule has 4 nitrogen and oxygen atoms in total. The van der Waals surface area contributed by atoms with Crippen LogP contribution in [0.5, 0.6) is 0 Å². The highest BCUT2D eigenvalue weighted by atomic mass is 16.3. The van der Waals surface area contributed by atoms with E-state index in [-0.39, 0.29) is 6.04 Å². The number of rotatable bonds is 7. The zero-order valence-corrected chi connectivity index (χ0v) is 12.0. The number of nitrogens with zero attached hydrogens (tertiary/aromatic N) is 2. The van der Waals surface area contributed by atoms with Crippen LogP contribution in [0.25, 0.3) is 0 Å². The second kappa shape index (κ2) is 6.57. The molecule has 1 unspecified atom stereocenters. The van der Waals surface area contributed by atoms with Crippen molar-refractivity contribution in [3.05, 3.63) is 41.9 Å². The summed E-state index contributed by atoms with van der Waals surface area (Å²) >= 11 is 0. The van der Waals surface area contributed by atoms with Gasteiger partial charge < -0.3 is 14.3 Å². The number of hydrogen-bond donors (Lipinski definition) is 1. The molecule has 19 heavy (non-hydrogen) atoms. The first-order valence-electron chi connectivity index (χ1n) is 7.12. The summed E-state index contributed by atoms with van der Waals surface area (Å²) in [6.45, 7) is 8.31.